The second-order valence-electron chi connectivity index (χ2n) is 7.33. The molecule has 0 aromatic heterocycles. The summed E-state index contributed by atoms with van der Waals surface area (Å²) in [5, 5.41) is 3.78. The number of nitrogens with one attached hydrogen (secondary N) is 1. The van der Waals surface area contributed by atoms with Crippen molar-refractivity contribution in [2.24, 2.45) is 29.4 Å². The Hall–Kier alpha value is -0.0800. The minimum Gasteiger partial charge on any atom is -0.324 e. The molecule has 2 nitrogen and oxygen atoms in total. The van der Waals surface area contributed by atoms with Crippen LogP contribution in [-0.2, 0) is 0 Å². The highest BCUT2D eigenvalue weighted by Gasteiger charge is 2.47. The van der Waals surface area contributed by atoms with Crippen LogP contribution in [0.1, 0.15) is 46.0 Å². The van der Waals surface area contributed by atoms with Gasteiger partial charge < -0.3 is 11.1 Å². The van der Waals surface area contributed by atoms with E-state index in [0.29, 0.717) is 0 Å². The molecule has 0 atom stereocenters. The normalized spacial score (nSPS) is 46.3. The minimum absolute atomic E-state index is 0.0608. The monoisotopic (exact) mass is 222 g/mol. The maximum absolute atomic E-state index is 6.08. The summed E-state index contributed by atoms with van der Waals surface area (Å²) in [6.07, 6.45) is 7.53. The van der Waals surface area contributed by atoms with E-state index in [9.17, 15) is 0 Å². The molecule has 0 heterocycles. The van der Waals surface area contributed by atoms with Crippen molar-refractivity contribution in [3.63, 3.8) is 0 Å². The van der Waals surface area contributed by atoms with E-state index < -0.39 is 0 Å². The third kappa shape index (κ3) is 2.02. The van der Waals surface area contributed by atoms with Gasteiger partial charge >= 0.3 is 0 Å². The molecule has 0 aliphatic heterocycles. The van der Waals surface area contributed by atoms with E-state index in [4.69, 9.17) is 5.73 Å². The number of rotatable bonds is 3. The highest BCUT2D eigenvalue weighted by Crippen LogP contribution is 2.53. The fraction of sp³-hybridized carbons (Fsp3) is 1.00. The van der Waals surface area contributed by atoms with Crippen LogP contribution in [0.4, 0.5) is 0 Å². The number of hydrogen-bond donors (Lipinski definition) is 2. The summed E-state index contributed by atoms with van der Waals surface area (Å²) in [4.78, 5) is 0. The first-order chi connectivity index (χ1) is 7.51. The van der Waals surface area contributed by atoms with Crippen molar-refractivity contribution in [3.05, 3.63) is 0 Å². The minimum atomic E-state index is -0.0608. The van der Waals surface area contributed by atoms with Gasteiger partial charge in [0.2, 0.25) is 0 Å². The van der Waals surface area contributed by atoms with E-state index in [2.05, 4.69) is 19.2 Å². The molecule has 92 valence electrons. The van der Waals surface area contributed by atoms with E-state index in [0.717, 1.165) is 36.3 Å². The summed E-state index contributed by atoms with van der Waals surface area (Å²) in [5.74, 6) is 4.09. The van der Waals surface area contributed by atoms with Crippen LogP contribution in [0.5, 0.6) is 0 Å². The van der Waals surface area contributed by atoms with Crippen LogP contribution in [-0.4, -0.2) is 18.1 Å². The highest BCUT2D eigenvalue weighted by molar-refractivity contribution is 5.01. The predicted molar refractivity (Wildman–Crippen MR) is 67.1 cm³/mol. The Kier molecular flexibility index (Phi) is 2.56. The van der Waals surface area contributed by atoms with Crippen LogP contribution >= 0.6 is 0 Å². The SMILES string of the molecule is CC(C)(N)CNC1C2CC3CC(C2)CC1C3. The van der Waals surface area contributed by atoms with E-state index in [1.807, 2.05) is 0 Å². The van der Waals surface area contributed by atoms with Crippen LogP contribution in [0.25, 0.3) is 0 Å². The Morgan fingerprint density at radius 1 is 1.00 bits per heavy atom. The average Bonchev–Trinajstić information content (AvgIpc) is 2.13. The molecule has 0 radical (unpaired) electrons. The molecule has 0 spiro atoms. The van der Waals surface area contributed by atoms with Gasteiger partial charge in [0.15, 0.2) is 0 Å². The zero-order valence-corrected chi connectivity index (χ0v) is 10.7. The molecular weight excluding hydrogens is 196 g/mol. The molecule has 4 bridgehead atoms. The molecule has 16 heavy (non-hydrogen) atoms. The molecule has 0 aromatic carbocycles. The molecule has 4 aliphatic rings. The van der Waals surface area contributed by atoms with Gasteiger partial charge in [-0.1, -0.05) is 0 Å². The Balaban J connectivity index is 1.64. The van der Waals surface area contributed by atoms with Crippen LogP contribution in [0.15, 0.2) is 0 Å². The largest absolute Gasteiger partial charge is 0.324 e. The van der Waals surface area contributed by atoms with Crippen LogP contribution in [0, 0.1) is 23.7 Å². The second-order valence-corrected chi connectivity index (χ2v) is 7.33. The lowest BCUT2D eigenvalue weighted by atomic mass is 9.54. The van der Waals surface area contributed by atoms with Gasteiger partial charge in [0, 0.05) is 18.1 Å². The predicted octanol–water partition coefficient (Wildman–Crippen LogP) is 2.14. The average molecular weight is 222 g/mol. The molecule has 0 unspecified atom stereocenters. The Morgan fingerprint density at radius 3 is 1.94 bits per heavy atom. The zero-order chi connectivity index (χ0) is 11.3. The molecule has 4 fully saturated rings. The standard InChI is InChI=1S/C14H26N2/c1-14(2,15)8-16-13-11-4-9-3-10(6-11)7-12(13)5-9/h9-13,16H,3-8,15H2,1-2H3. The molecule has 4 rings (SSSR count). The zero-order valence-electron chi connectivity index (χ0n) is 10.7. The molecule has 3 N–H and O–H groups in total. The van der Waals surface area contributed by atoms with Crippen LogP contribution in [0.2, 0.25) is 0 Å². The van der Waals surface area contributed by atoms with E-state index in [1.165, 1.54) is 25.7 Å². The number of nitrogens with two attached hydrogens (primary N) is 1. The van der Waals surface area contributed by atoms with Crippen molar-refractivity contribution < 1.29 is 0 Å². The Morgan fingerprint density at radius 2 is 1.50 bits per heavy atom. The van der Waals surface area contributed by atoms with Gasteiger partial charge in [0.05, 0.1) is 0 Å². The van der Waals surface area contributed by atoms with Gasteiger partial charge in [-0.15, -0.1) is 0 Å². The third-order valence-corrected chi connectivity index (χ3v) is 5.02. The first kappa shape index (κ1) is 11.0. The van der Waals surface area contributed by atoms with Crippen molar-refractivity contribution in [2.75, 3.05) is 6.54 Å². The summed E-state index contributed by atoms with van der Waals surface area (Å²) >= 11 is 0. The second kappa shape index (κ2) is 3.71. The van der Waals surface area contributed by atoms with Crippen molar-refractivity contribution in [2.45, 2.75) is 57.5 Å². The molecule has 4 aliphatic carbocycles. The lowest BCUT2D eigenvalue weighted by molar-refractivity contribution is -0.0148. The summed E-state index contributed by atoms with van der Waals surface area (Å²) in [6, 6.07) is 0.788. The molecule has 0 aromatic rings. The third-order valence-electron chi connectivity index (χ3n) is 5.02. The van der Waals surface area contributed by atoms with E-state index in [1.54, 1.807) is 6.42 Å². The van der Waals surface area contributed by atoms with Crippen LogP contribution < -0.4 is 11.1 Å². The summed E-state index contributed by atoms with van der Waals surface area (Å²) in [6.45, 7) is 5.21. The quantitative estimate of drug-likeness (QED) is 0.768. The van der Waals surface area contributed by atoms with Crippen molar-refractivity contribution in [3.8, 4) is 0 Å². The maximum atomic E-state index is 6.08. The maximum Gasteiger partial charge on any atom is 0.0223 e. The Bertz CT molecular complexity index is 238. The first-order valence-electron chi connectivity index (χ1n) is 7.03. The van der Waals surface area contributed by atoms with Gasteiger partial charge in [0.25, 0.3) is 0 Å². The molecular formula is C14H26N2. The van der Waals surface area contributed by atoms with E-state index >= 15 is 0 Å². The fourth-order valence-electron chi connectivity index (χ4n) is 4.64. The van der Waals surface area contributed by atoms with Gasteiger partial charge in [0.1, 0.15) is 0 Å². The lowest BCUT2D eigenvalue weighted by Gasteiger charge is -2.55. The van der Waals surface area contributed by atoms with Gasteiger partial charge in [-0.05, 0) is 69.6 Å². The van der Waals surface area contributed by atoms with Crippen molar-refractivity contribution in [1.82, 2.24) is 5.32 Å². The van der Waals surface area contributed by atoms with Crippen molar-refractivity contribution >= 4 is 0 Å². The summed E-state index contributed by atoms with van der Waals surface area (Å²) < 4.78 is 0. The molecule has 4 saturated carbocycles. The molecule has 0 amide bonds. The number of hydrogen-bond acceptors (Lipinski definition) is 2. The smallest absolute Gasteiger partial charge is 0.0223 e. The first-order valence-corrected chi connectivity index (χ1v) is 7.03. The fourth-order valence-corrected chi connectivity index (χ4v) is 4.64. The topological polar surface area (TPSA) is 38.0 Å². The summed E-state index contributed by atoms with van der Waals surface area (Å²) in [7, 11) is 0. The molecule has 0 saturated heterocycles. The van der Waals surface area contributed by atoms with Crippen LogP contribution in [0.3, 0.4) is 0 Å². The Labute approximate surface area is 99.4 Å². The van der Waals surface area contributed by atoms with Gasteiger partial charge in [-0.25, -0.2) is 0 Å². The van der Waals surface area contributed by atoms with Crippen molar-refractivity contribution in [1.29, 1.82) is 0 Å². The van der Waals surface area contributed by atoms with E-state index in [-0.39, 0.29) is 5.54 Å². The summed E-state index contributed by atoms with van der Waals surface area (Å²) in [5.41, 5.74) is 6.02. The van der Waals surface area contributed by atoms with Gasteiger partial charge in [-0.2, -0.15) is 0 Å². The highest BCUT2D eigenvalue weighted by atomic mass is 15.0. The molecule has 2 heteroatoms. The lowest BCUT2D eigenvalue weighted by Crippen LogP contribution is -2.57. The van der Waals surface area contributed by atoms with Gasteiger partial charge in [-0.3, -0.25) is 0 Å².